The van der Waals surface area contributed by atoms with Crippen LogP contribution in [-0.4, -0.2) is 10.2 Å². The van der Waals surface area contributed by atoms with E-state index >= 15 is 0 Å². The fourth-order valence-electron chi connectivity index (χ4n) is 5.79. The van der Waals surface area contributed by atoms with Crippen molar-refractivity contribution in [2.75, 3.05) is 0 Å². The van der Waals surface area contributed by atoms with Gasteiger partial charge >= 0.3 is 6.11 Å². The molecule has 0 unspecified atom stereocenters. The molecule has 2 saturated carbocycles. The van der Waals surface area contributed by atoms with E-state index in [2.05, 4.69) is 0 Å². The van der Waals surface area contributed by atoms with Crippen LogP contribution in [0.4, 0.5) is 13.2 Å². The Bertz CT molecular complexity index is 882. The maximum atomic E-state index is 14.6. The average Bonchev–Trinajstić information content (AvgIpc) is 2.81. The topological polar surface area (TPSA) is 9.23 Å². The molecule has 5 heteroatoms. The summed E-state index contributed by atoms with van der Waals surface area (Å²) in [4.78, 5) is 0. The Kier molecular flexibility index (Phi) is 7.33. The van der Waals surface area contributed by atoms with Crippen LogP contribution in [0.2, 0.25) is 6.04 Å². The normalized spacial score (nSPS) is 26.8. The molecule has 0 N–H and O–H groups in total. The van der Waals surface area contributed by atoms with Crippen LogP contribution in [0.15, 0.2) is 42.5 Å². The Balaban J connectivity index is 1.33. The first-order valence-corrected chi connectivity index (χ1v) is 13.7. The third-order valence-electron chi connectivity index (χ3n) is 8.01. The van der Waals surface area contributed by atoms with Crippen LogP contribution in [-0.2, 0) is 6.11 Å². The van der Waals surface area contributed by atoms with Crippen molar-refractivity contribution >= 4 is 10.2 Å². The van der Waals surface area contributed by atoms with E-state index in [1.165, 1.54) is 79.1 Å². The molecule has 2 aromatic carbocycles. The zero-order valence-electron chi connectivity index (χ0n) is 19.3. The van der Waals surface area contributed by atoms with Gasteiger partial charge in [0.1, 0.15) is 11.6 Å². The quantitative estimate of drug-likeness (QED) is 0.417. The van der Waals surface area contributed by atoms with E-state index in [9.17, 15) is 13.2 Å². The molecular formula is C27H35F3OSi. The Morgan fingerprint density at radius 2 is 1.47 bits per heavy atom. The summed E-state index contributed by atoms with van der Waals surface area (Å²) >= 11 is 0. The lowest BCUT2D eigenvalue weighted by Gasteiger charge is -2.38. The minimum absolute atomic E-state index is 0.171. The molecular weight excluding hydrogens is 425 g/mol. The van der Waals surface area contributed by atoms with Crippen molar-refractivity contribution in [2.45, 2.75) is 76.4 Å². The third-order valence-corrected chi connectivity index (χ3v) is 9.17. The molecule has 0 bridgehead atoms. The third kappa shape index (κ3) is 5.41. The van der Waals surface area contributed by atoms with Crippen molar-refractivity contribution in [3.05, 3.63) is 65.0 Å². The molecule has 0 aliphatic heterocycles. The predicted molar refractivity (Wildman–Crippen MR) is 127 cm³/mol. The van der Waals surface area contributed by atoms with E-state index < -0.39 is 11.9 Å². The summed E-state index contributed by atoms with van der Waals surface area (Å²) in [5.41, 5.74) is 1.34. The van der Waals surface area contributed by atoms with Gasteiger partial charge in [0.05, 0.1) is 5.56 Å². The summed E-state index contributed by atoms with van der Waals surface area (Å²) in [6, 6.07) is 11.8. The summed E-state index contributed by atoms with van der Waals surface area (Å²) < 4.78 is 47.7. The van der Waals surface area contributed by atoms with Gasteiger partial charge in [-0.3, -0.25) is 0 Å². The van der Waals surface area contributed by atoms with Gasteiger partial charge in [0, 0.05) is 16.3 Å². The number of halogens is 3. The number of rotatable bonds is 6. The second-order valence-corrected chi connectivity index (χ2v) is 10.8. The molecule has 2 aliphatic rings. The van der Waals surface area contributed by atoms with E-state index in [0.29, 0.717) is 11.5 Å². The zero-order chi connectivity index (χ0) is 22.7. The zero-order valence-corrected chi connectivity index (χ0v) is 21.3. The first kappa shape index (κ1) is 23.4. The van der Waals surface area contributed by atoms with E-state index in [4.69, 9.17) is 4.74 Å². The molecule has 0 atom stereocenters. The SMILES string of the molecule is Cc1ccc(OC(F)(F)c2ccc(C3CCC(C4CCC(C[SiH3])CC4)CC3)cc2)cc1F. The molecule has 0 amide bonds. The van der Waals surface area contributed by atoms with Gasteiger partial charge in [0.15, 0.2) is 0 Å². The molecule has 0 saturated heterocycles. The highest BCUT2D eigenvalue weighted by molar-refractivity contribution is 6.08. The highest BCUT2D eigenvalue weighted by atomic mass is 28.1. The molecule has 174 valence electrons. The number of ether oxygens (including phenoxy) is 1. The van der Waals surface area contributed by atoms with Crippen molar-refractivity contribution in [1.82, 2.24) is 0 Å². The maximum Gasteiger partial charge on any atom is 0.426 e. The Hall–Kier alpha value is -1.75. The second kappa shape index (κ2) is 10.0. The number of benzene rings is 2. The molecule has 0 spiro atoms. The van der Waals surface area contributed by atoms with E-state index in [1.807, 2.05) is 12.1 Å². The molecule has 0 heterocycles. The molecule has 4 rings (SSSR count). The summed E-state index contributed by atoms with van der Waals surface area (Å²) in [6.07, 6.45) is 7.02. The second-order valence-electron chi connectivity index (χ2n) is 9.95. The lowest BCUT2D eigenvalue weighted by molar-refractivity contribution is -0.185. The highest BCUT2D eigenvalue weighted by Gasteiger charge is 2.35. The van der Waals surface area contributed by atoms with Crippen LogP contribution in [0.5, 0.6) is 5.75 Å². The first-order valence-electron chi connectivity index (χ1n) is 12.3. The fourth-order valence-corrected chi connectivity index (χ4v) is 6.60. The molecule has 32 heavy (non-hydrogen) atoms. The Labute approximate surface area is 193 Å². The van der Waals surface area contributed by atoms with Gasteiger partial charge in [-0.1, -0.05) is 37.1 Å². The van der Waals surface area contributed by atoms with E-state index in [1.54, 1.807) is 6.92 Å². The van der Waals surface area contributed by atoms with Gasteiger partial charge in [0.2, 0.25) is 0 Å². The van der Waals surface area contributed by atoms with Crippen molar-refractivity contribution in [3.63, 3.8) is 0 Å². The van der Waals surface area contributed by atoms with Gasteiger partial charge in [-0.15, -0.1) is 0 Å². The molecule has 0 radical (unpaired) electrons. The van der Waals surface area contributed by atoms with Crippen LogP contribution in [0.3, 0.4) is 0 Å². The summed E-state index contributed by atoms with van der Waals surface area (Å²) in [5, 5.41) is 0. The number of hydrogen-bond acceptors (Lipinski definition) is 1. The molecule has 2 aliphatic carbocycles. The van der Waals surface area contributed by atoms with Crippen molar-refractivity contribution in [3.8, 4) is 5.75 Å². The molecule has 2 fully saturated rings. The van der Waals surface area contributed by atoms with Crippen LogP contribution in [0.25, 0.3) is 0 Å². The van der Waals surface area contributed by atoms with Gasteiger partial charge < -0.3 is 4.74 Å². The maximum absolute atomic E-state index is 14.6. The van der Waals surface area contributed by atoms with Crippen LogP contribution in [0, 0.1) is 30.5 Å². The predicted octanol–water partition coefficient (Wildman–Crippen LogP) is 7.13. The highest BCUT2D eigenvalue weighted by Crippen LogP contribution is 2.44. The lowest BCUT2D eigenvalue weighted by atomic mass is 9.68. The van der Waals surface area contributed by atoms with Crippen molar-refractivity contribution in [2.24, 2.45) is 17.8 Å². The minimum Gasteiger partial charge on any atom is -0.429 e. The van der Waals surface area contributed by atoms with Crippen molar-refractivity contribution < 1.29 is 17.9 Å². The van der Waals surface area contributed by atoms with Gasteiger partial charge in [-0.25, -0.2) is 4.39 Å². The Morgan fingerprint density at radius 3 is 2.03 bits per heavy atom. The summed E-state index contributed by atoms with van der Waals surface area (Å²) in [6.45, 7) is 1.58. The molecule has 1 nitrogen and oxygen atoms in total. The fraction of sp³-hybridized carbons (Fsp3) is 0.556. The minimum atomic E-state index is -3.50. The van der Waals surface area contributed by atoms with Gasteiger partial charge in [-0.2, -0.15) is 8.78 Å². The summed E-state index contributed by atoms with van der Waals surface area (Å²) in [5.74, 6) is 2.50. The van der Waals surface area contributed by atoms with Gasteiger partial charge in [0.25, 0.3) is 0 Å². The van der Waals surface area contributed by atoms with Crippen LogP contribution < -0.4 is 4.74 Å². The Morgan fingerprint density at radius 1 is 0.875 bits per heavy atom. The van der Waals surface area contributed by atoms with E-state index in [-0.39, 0.29) is 11.3 Å². The summed E-state index contributed by atoms with van der Waals surface area (Å²) in [7, 11) is 1.33. The standard InChI is InChI=1S/C27H35F3OSi/c1-18-2-15-25(16-26(18)28)31-27(29,30)24-13-11-23(12-14-24)22-9-7-21(8-10-22)20-5-3-19(17-32)4-6-20/h2,11-16,19-22H,3-10,17H2,1,32H3. The van der Waals surface area contributed by atoms with Crippen LogP contribution in [0.1, 0.15) is 74.0 Å². The number of hydrogen-bond donors (Lipinski definition) is 0. The van der Waals surface area contributed by atoms with Gasteiger partial charge in [-0.05, 0) is 98.4 Å². The monoisotopic (exact) mass is 460 g/mol. The number of aryl methyl sites for hydroxylation is 1. The smallest absolute Gasteiger partial charge is 0.426 e. The largest absolute Gasteiger partial charge is 0.429 e. The molecule has 2 aromatic rings. The number of alkyl halides is 2. The van der Waals surface area contributed by atoms with E-state index in [0.717, 1.165) is 42.2 Å². The van der Waals surface area contributed by atoms with Crippen molar-refractivity contribution in [1.29, 1.82) is 0 Å². The molecule has 0 aromatic heterocycles. The lowest BCUT2D eigenvalue weighted by Crippen LogP contribution is -2.25. The van der Waals surface area contributed by atoms with Crippen LogP contribution >= 0.6 is 0 Å². The average molecular weight is 461 g/mol. The first-order chi connectivity index (χ1) is 15.4.